The Balaban J connectivity index is 1.88. The number of benzene rings is 1. The molecular formula is C12H15F2N3. The first-order valence-electron chi connectivity index (χ1n) is 5.60. The highest BCUT2D eigenvalue weighted by atomic mass is 19.1. The van der Waals surface area contributed by atoms with E-state index in [4.69, 9.17) is 0 Å². The van der Waals surface area contributed by atoms with Gasteiger partial charge in [0.25, 0.3) is 0 Å². The minimum absolute atomic E-state index is 0.366. The van der Waals surface area contributed by atoms with E-state index in [1.807, 2.05) is 11.9 Å². The molecule has 5 heteroatoms. The van der Waals surface area contributed by atoms with Crippen molar-refractivity contribution in [2.75, 3.05) is 26.7 Å². The van der Waals surface area contributed by atoms with Crippen LogP contribution in [0, 0.1) is 11.6 Å². The minimum atomic E-state index is -0.406. The molecule has 1 N–H and O–H groups in total. The van der Waals surface area contributed by atoms with Crippen molar-refractivity contribution in [3.8, 4) is 0 Å². The zero-order valence-electron chi connectivity index (χ0n) is 9.71. The molecule has 1 aliphatic heterocycles. The molecular weight excluding hydrogens is 224 g/mol. The lowest BCUT2D eigenvalue weighted by molar-refractivity contribution is 0.532. The van der Waals surface area contributed by atoms with Gasteiger partial charge in [-0.3, -0.25) is 4.99 Å². The quantitative estimate of drug-likeness (QED) is 0.863. The van der Waals surface area contributed by atoms with Crippen molar-refractivity contribution in [1.29, 1.82) is 0 Å². The number of hydrogen-bond acceptors (Lipinski definition) is 3. The summed E-state index contributed by atoms with van der Waals surface area (Å²) in [6.07, 6.45) is 0.441. The molecule has 17 heavy (non-hydrogen) atoms. The highest BCUT2D eigenvalue weighted by molar-refractivity contribution is 5.81. The van der Waals surface area contributed by atoms with Crippen LogP contribution in [0.1, 0.15) is 5.56 Å². The molecule has 0 spiro atoms. The molecule has 1 heterocycles. The van der Waals surface area contributed by atoms with E-state index >= 15 is 0 Å². The third-order valence-electron chi connectivity index (χ3n) is 2.74. The number of hydrogen-bond donors (Lipinski definition) is 1. The fraction of sp³-hybridized carbons (Fsp3) is 0.417. The van der Waals surface area contributed by atoms with Crippen LogP contribution >= 0.6 is 0 Å². The van der Waals surface area contributed by atoms with Crippen LogP contribution in [0.15, 0.2) is 23.2 Å². The first-order chi connectivity index (χ1) is 8.16. The van der Waals surface area contributed by atoms with Crippen molar-refractivity contribution in [2.24, 2.45) is 4.99 Å². The van der Waals surface area contributed by atoms with Crippen LogP contribution in [0.3, 0.4) is 0 Å². The largest absolute Gasteiger partial charge is 0.356 e. The van der Waals surface area contributed by atoms with Crippen LogP contribution in [0.4, 0.5) is 8.78 Å². The molecule has 2 rings (SSSR count). The summed E-state index contributed by atoms with van der Waals surface area (Å²) in [6, 6.07) is 3.52. The van der Waals surface area contributed by atoms with Gasteiger partial charge in [-0.2, -0.15) is 0 Å². The monoisotopic (exact) mass is 239 g/mol. The average molecular weight is 239 g/mol. The molecule has 0 saturated carbocycles. The second-order valence-corrected chi connectivity index (χ2v) is 4.04. The van der Waals surface area contributed by atoms with E-state index in [1.54, 1.807) is 0 Å². The molecule has 1 aromatic carbocycles. The van der Waals surface area contributed by atoms with Crippen LogP contribution in [0.2, 0.25) is 0 Å². The second kappa shape index (κ2) is 5.12. The van der Waals surface area contributed by atoms with E-state index in [-0.39, 0.29) is 5.82 Å². The fourth-order valence-corrected chi connectivity index (χ4v) is 1.77. The number of guanidine groups is 1. The zero-order chi connectivity index (χ0) is 12.3. The Hall–Kier alpha value is -1.65. The van der Waals surface area contributed by atoms with Crippen molar-refractivity contribution in [3.63, 3.8) is 0 Å². The molecule has 0 fully saturated rings. The first-order valence-corrected chi connectivity index (χ1v) is 5.60. The summed E-state index contributed by atoms with van der Waals surface area (Å²) in [5, 5.41) is 3.11. The van der Waals surface area contributed by atoms with Gasteiger partial charge in [-0.1, -0.05) is 0 Å². The van der Waals surface area contributed by atoms with Crippen molar-refractivity contribution >= 4 is 5.96 Å². The van der Waals surface area contributed by atoms with Gasteiger partial charge in [-0.05, 0) is 30.2 Å². The topological polar surface area (TPSA) is 27.6 Å². The Morgan fingerprint density at radius 3 is 2.94 bits per heavy atom. The van der Waals surface area contributed by atoms with Gasteiger partial charge in [0.15, 0.2) is 5.96 Å². The SMILES string of the molecule is CN1CCN=C1NCCc1cc(F)ccc1F. The summed E-state index contributed by atoms with van der Waals surface area (Å²) in [5.41, 5.74) is 0.388. The van der Waals surface area contributed by atoms with Gasteiger partial charge in [-0.25, -0.2) is 8.78 Å². The third kappa shape index (κ3) is 2.93. The van der Waals surface area contributed by atoms with E-state index in [0.717, 1.165) is 31.2 Å². The Morgan fingerprint density at radius 1 is 1.41 bits per heavy atom. The van der Waals surface area contributed by atoms with E-state index in [9.17, 15) is 8.78 Å². The lowest BCUT2D eigenvalue weighted by Gasteiger charge is -2.15. The number of likely N-dealkylation sites (N-methyl/N-ethyl adjacent to an activating group) is 1. The minimum Gasteiger partial charge on any atom is -0.356 e. The number of nitrogens with zero attached hydrogens (tertiary/aromatic N) is 2. The molecule has 0 unspecified atom stereocenters. The summed E-state index contributed by atoms with van der Waals surface area (Å²) in [6.45, 7) is 2.23. The smallest absolute Gasteiger partial charge is 0.193 e. The van der Waals surface area contributed by atoms with E-state index < -0.39 is 5.82 Å². The summed E-state index contributed by atoms with van der Waals surface area (Å²) in [4.78, 5) is 6.25. The summed E-state index contributed by atoms with van der Waals surface area (Å²) >= 11 is 0. The van der Waals surface area contributed by atoms with Gasteiger partial charge >= 0.3 is 0 Å². The molecule has 0 bridgehead atoms. The Morgan fingerprint density at radius 2 is 2.24 bits per heavy atom. The van der Waals surface area contributed by atoms with Crippen LogP contribution < -0.4 is 5.32 Å². The maximum Gasteiger partial charge on any atom is 0.193 e. The fourth-order valence-electron chi connectivity index (χ4n) is 1.77. The van der Waals surface area contributed by atoms with Gasteiger partial charge in [0.2, 0.25) is 0 Å². The molecule has 92 valence electrons. The third-order valence-corrected chi connectivity index (χ3v) is 2.74. The van der Waals surface area contributed by atoms with Gasteiger partial charge in [0.05, 0.1) is 6.54 Å². The molecule has 3 nitrogen and oxygen atoms in total. The number of aliphatic imine (C=N–C) groups is 1. The molecule has 0 amide bonds. The predicted molar refractivity (Wildman–Crippen MR) is 63.0 cm³/mol. The molecule has 1 aliphatic rings. The van der Waals surface area contributed by atoms with Gasteiger partial charge in [-0.15, -0.1) is 0 Å². The maximum absolute atomic E-state index is 13.3. The van der Waals surface area contributed by atoms with Crippen molar-refractivity contribution in [1.82, 2.24) is 10.2 Å². The van der Waals surface area contributed by atoms with E-state index in [1.165, 1.54) is 6.07 Å². The van der Waals surface area contributed by atoms with Crippen LogP contribution in [0.5, 0.6) is 0 Å². The first kappa shape index (κ1) is 11.8. The lowest BCUT2D eigenvalue weighted by atomic mass is 10.1. The molecule has 0 aromatic heterocycles. The van der Waals surface area contributed by atoms with Crippen LogP contribution in [0.25, 0.3) is 0 Å². The van der Waals surface area contributed by atoms with Gasteiger partial charge in [0.1, 0.15) is 11.6 Å². The molecule has 0 atom stereocenters. The number of rotatable bonds is 3. The highest BCUT2D eigenvalue weighted by Crippen LogP contribution is 2.09. The molecule has 0 radical (unpaired) electrons. The Kier molecular flexibility index (Phi) is 3.56. The number of halogens is 2. The zero-order valence-corrected chi connectivity index (χ0v) is 9.71. The highest BCUT2D eigenvalue weighted by Gasteiger charge is 2.11. The normalized spacial score (nSPS) is 15.0. The van der Waals surface area contributed by atoms with Crippen LogP contribution in [-0.4, -0.2) is 37.5 Å². The van der Waals surface area contributed by atoms with E-state index in [0.29, 0.717) is 18.5 Å². The summed E-state index contributed by atoms with van der Waals surface area (Å²) < 4.78 is 26.2. The average Bonchev–Trinajstić information content (AvgIpc) is 2.70. The van der Waals surface area contributed by atoms with E-state index in [2.05, 4.69) is 10.3 Å². The van der Waals surface area contributed by atoms with Crippen LogP contribution in [-0.2, 0) is 6.42 Å². The Labute approximate surface area is 99.2 Å². The summed E-state index contributed by atoms with van der Waals surface area (Å²) in [7, 11) is 1.95. The lowest BCUT2D eigenvalue weighted by Crippen LogP contribution is -2.36. The molecule has 0 saturated heterocycles. The van der Waals surface area contributed by atoms with Gasteiger partial charge < -0.3 is 10.2 Å². The molecule has 0 aliphatic carbocycles. The second-order valence-electron chi connectivity index (χ2n) is 4.04. The number of nitrogens with one attached hydrogen (secondary N) is 1. The standard InChI is InChI=1S/C12H15F2N3/c1-17-7-6-16-12(17)15-5-4-9-8-10(13)2-3-11(9)14/h2-3,8H,4-7H2,1H3,(H,15,16). The van der Waals surface area contributed by atoms with Crippen molar-refractivity contribution < 1.29 is 8.78 Å². The summed E-state index contributed by atoms with van der Waals surface area (Å²) in [5.74, 6) is 0.0495. The predicted octanol–water partition coefficient (Wildman–Crippen LogP) is 1.40. The van der Waals surface area contributed by atoms with Gasteiger partial charge in [0, 0.05) is 20.1 Å². The van der Waals surface area contributed by atoms with Crippen molar-refractivity contribution in [2.45, 2.75) is 6.42 Å². The van der Waals surface area contributed by atoms with Crippen molar-refractivity contribution in [3.05, 3.63) is 35.4 Å². The molecule has 1 aromatic rings. The maximum atomic E-state index is 13.3. The Bertz CT molecular complexity index is 432.